The highest BCUT2D eigenvalue weighted by molar-refractivity contribution is 7.86. The quantitative estimate of drug-likeness (QED) is 0.792. The maximum absolute atomic E-state index is 12.0. The van der Waals surface area contributed by atoms with Gasteiger partial charge in [-0.1, -0.05) is 48.9 Å². The normalized spacial score (nSPS) is 22.6. The number of allylic oxidation sites excluding steroid dienone is 3. The van der Waals surface area contributed by atoms with E-state index in [0.717, 1.165) is 12.0 Å². The van der Waals surface area contributed by atoms with Crippen LogP contribution in [-0.2, 0) is 14.3 Å². The molecule has 0 saturated carbocycles. The largest absolute Gasteiger partial charge is 0.297 e. The molecule has 1 atom stereocenters. The van der Waals surface area contributed by atoms with Crippen molar-refractivity contribution < 1.29 is 12.6 Å². The summed E-state index contributed by atoms with van der Waals surface area (Å²) in [6, 6.07) is 6.61. The Morgan fingerprint density at radius 3 is 2.47 bits per heavy atom. The minimum atomic E-state index is -3.73. The molecule has 0 amide bonds. The SMILES string of the molecule is Cc1ccc(S(=O)(=O)O[CH]C2(C)C=CC=CC2)cc1. The number of benzene rings is 1. The van der Waals surface area contributed by atoms with Crippen molar-refractivity contribution in [3.05, 3.63) is 60.7 Å². The molecule has 101 valence electrons. The molecule has 3 nitrogen and oxygen atoms in total. The van der Waals surface area contributed by atoms with Crippen molar-refractivity contribution in [1.82, 2.24) is 0 Å². The summed E-state index contributed by atoms with van der Waals surface area (Å²) in [7, 11) is -3.73. The van der Waals surface area contributed by atoms with Crippen LogP contribution in [0.2, 0.25) is 0 Å². The summed E-state index contributed by atoms with van der Waals surface area (Å²) in [6.07, 6.45) is 8.47. The van der Waals surface area contributed by atoms with E-state index in [0.29, 0.717) is 0 Å². The van der Waals surface area contributed by atoms with Crippen molar-refractivity contribution >= 4 is 10.1 Å². The van der Waals surface area contributed by atoms with Gasteiger partial charge in [0.25, 0.3) is 10.1 Å². The van der Waals surface area contributed by atoms with Gasteiger partial charge in [0, 0.05) is 5.41 Å². The van der Waals surface area contributed by atoms with Crippen LogP contribution in [-0.4, -0.2) is 8.42 Å². The molecule has 1 radical (unpaired) electrons. The summed E-state index contributed by atoms with van der Waals surface area (Å²) in [6.45, 7) is 5.23. The molecule has 1 aliphatic rings. The molecule has 0 saturated heterocycles. The first-order chi connectivity index (χ1) is 8.91. The van der Waals surface area contributed by atoms with Crippen LogP contribution in [0.4, 0.5) is 0 Å². The molecular weight excluding hydrogens is 260 g/mol. The molecule has 19 heavy (non-hydrogen) atoms. The number of hydrogen-bond acceptors (Lipinski definition) is 3. The Balaban J connectivity index is 2.08. The first-order valence-electron chi connectivity index (χ1n) is 6.10. The van der Waals surface area contributed by atoms with Gasteiger partial charge in [0.1, 0.15) is 6.61 Å². The average molecular weight is 277 g/mol. The van der Waals surface area contributed by atoms with Crippen LogP contribution >= 0.6 is 0 Å². The Morgan fingerprint density at radius 1 is 1.21 bits per heavy atom. The molecule has 1 aromatic rings. The van der Waals surface area contributed by atoms with Crippen molar-refractivity contribution in [3.63, 3.8) is 0 Å². The fourth-order valence-corrected chi connectivity index (χ4v) is 2.69. The van der Waals surface area contributed by atoms with E-state index in [2.05, 4.69) is 0 Å². The van der Waals surface area contributed by atoms with Crippen LogP contribution in [0.1, 0.15) is 18.9 Å². The topological polar surface area (TPSA) is 43.4 Å². The van der Waals surface area contributed by atoms with E-state index in [1.807, 2.05) is 38.2 Å². The highest BCUT2D eigenvalue weighted by Gasteiger charge is 2.26. The molecule has 0 heterocycles. The molecule has 0 fully saturated rings. The van der Waals surface area contributed by atoms with E-state index in [4.69, 9.17) is 4.18 Å². The van der Waals surface area contributed by atoms with E-state index in [-0.39, 0.29) is 10.3 Å². The first kappa shape index (κ1) is 14.0. The van der Waals surface area contributed by atoms with Gasteiger partial charge in [0.2, 0.25) is 0 Å². The molecule has 1 unspecified atom stereocenters. The Morgan fingerprint density at radius 2 is 1.89 bits per heavy atom. The maximum Gasteiger partial charge on any atom is 0.297 e. The molecule has 0 spiro atoms. The lowest BCUT2D eigenvalue weighted by Gasteiger charge is -2.24. The van der Waals surface area contributed by atoms with Gasteiger partial charge < -0.3 is 0 Å². The molecule has 4 heteroatoms. The third-order valence-electron chi connectivity index (χ3n) is 3.04. The Bertz CT molecular complexity index is 597. The summed E-state index contributed by atoms with van der Waals surface area (Å²) >= 11 is 0. The van der Waals surface area contributed by atoms with Crippen molar-refractivity contribution in [2.75, 3.05) is 0 Å². The van der Waals surface area contributed by atoms with Gasteiger partial charge in [0.15, 0.2) is 0 Å². The summed E-state index contributed by atoms with van der Waals surface area (Å²) in [5, 5.41) is 0. The fraction of sp³-hybridized carbons (Fsp3) is 0.267. The number of aryl methyl sites for hydroxylation is 1. The third kappa shape index (κ3) is 3.55. The molecule has 0 N–H and O–H groups in total. The zero-order valence-electron chi connectivity index (χ0n) is 11.0. The zero-order chi connectivity index (χ0) is 13.9. The van der Waals surface area contributed by atoms with Gasteiger partial charge in [-0.25, -0.2) is 0 Å². The minimum absolute atomic E-state index is 0.174. The maximum atomic E-state index is 12.0. The molecule has 2 rings (SSSR count). The van der Waals surface area contributed by atoms with Crippen LogP contribution in [0.25, 0.3) is 0 Å². The Hall–Kier alpha value is -1.39. The van der Waals surface area contributed by atoms with E-state index >= 15 is 0 Å². The predicted molar refractivity (Wildman–Crippen MR) is 74.8 cm³/mol. The monoisotopic (exact) mass is 277 g/mol. The van der Waals surface area contributed by atoms with E-state index in [1.54, 1.807) is 24.3 Å². The second-order valence-electron chi connectivity index (χ2n) is 4.98. The third-order valence-corrected chi connectivity index (χ3v) is 4.23. The Labute approximate surface area is 114 Å². The summed E-state index contributed by atoms with van der Waals surface area (Å²) in [4.78, 5) is 0.174. The van der Waals surface area contributed by atoms with Crippen molar-refractivity contribution in [1.29, 1.82) is 0 Å². The van der Waals surface area contributed by atoms with E-state index in [9.17, 15) is 8.42 Å². The van der Waals surface area contributed by atoms with Crippen molar-refractivity contribution in [2.24, 2.45) is 5.41 Å². The number of hydrogen-bond donors (Lipinski definition) is 0. The van der Waals surface area contributed by atoms with Crippen LogP contribution < -0.4 is 0 Å². The summed E-state index contributed by atoms with van der Waals surface area (Å²) in [5.41, 5.74) is 0.627. The van der Waals surface area contributed by atoms with Gasteiger partial charge >= 0.3 is 0 Å². The standard InChI is InChI=1S/C15H17O3S/c1-13-6-8-14(9-7-13)19(16,17)18-12-15(2)10-4-3-5-11-15/h3-10,12H,11H2,1-2H3. The lowest BCUT2D eigenvalue weighted by atomic mass is 9.85. The van der Waals surface area contributed by atoms with Crippen LogP contribution in [0.15, 0.2) is 53.5 Å². The molecule has 0 aromatic heterocycles. The fourth-order valence-electron chi connectivity index (χ4n) is 1.77. The minimum Gasteiger partial charge on any atom is -0.259 e. The molecular formula is C15H17O3S. The molecule has 0 aliphatic heterocycles. The predicted octanol–water partition coefficient (Wildman–Crippen LogP) is 3.38. The number of rotatable bonds is 4. The van der Waals surface area contributed by atoms with Crippen LogP contribution in [0, 0.1) is 18.9 Å². The van der Waals surface area contributed by atoms with Crippen molar-refractivity contribution in [2.45, 2.75) is 25.2 Å². The summed E-state index contributed by atoms with van der Waals surface area (Å²) < 4.78 is 29.1. The van der Waals surface area contributed by atoms with Crippen LogP contribution in [0.3, 0.4) is 0 Å². The van der Waals surface area contributed by atoms with Crippen LogP contribution in [0.5, 0.6) is 0 Å². The van der Waals surface area contributed by atoms with Gasteiger partial charge in [-0.3, -0.25) is 4.18 Å². The van der Waals surface area contributed by atoms with Gasteiger partial charge in [-0.15, -0.1) is 0 Å². The van der Waals surface area contributed by atoms with Gasteiger partial charge in [-0.2, -0.15) is 8.42 Å². The summed E-state index contributed by atoms with van der Waals surface area (Å²) in [5.74, 6) is 0. The first-order valence-corrected chi connectivity index (χ1v) is 7.51. The van der Waals surface area contributed by atoms with Gasteiger partial charge in [-0.05, 0) is 25.5 Å². The molecule has 0 bridgehead atoms. The zero-order valence-corrected chi connectivity index (χ0v) is 11.9. The van der Waals surface area contributed by atoms with Crippen molar-refractivity contribution in [3.8, 4) is 0 Å². The second kappa shape index (κ2) is 5.31. The van der Waals surface area contributed by atoms with Gasteiger partial charge in [0.05, 0.1) is 4.90 Å². The molecule has 1 aromatic carbocycles. The highest BCUT2D eigenvalue weighted by Crippen LogP contribution is 2.32. The smallest absolute Gasteiger partial charge is 0.259 e. The Kier molecular flexibility index (Phi) is 3.92. The van der Waals surface area contributed by atoms with E-state index < -0.39 is 10.1 Å². The lowest BCUT2D eigenvalue weighted by Crippen LogP contribution is -2.19. The lowest BCUT2D eigenvalue weighted by molar-refractivity contribution is 0.291. The average Bonchev–Trinajstić information content (AvgIpc) is 2.38. The highest BCUT2D eigenvalue weighted by atomic mass is 32.2. The second-order valence-corrected chi connectivity index (χ2v) is 6.55. The molecule has 1 aliphatic carbocycles. The van der Waals surface area contributed by atoms with E-state index in [1.165, 1.54) is 6.61 Å².